The highest BCUT2D eigenvalue weighted by molar-refractivity contribution is 6.30. The van der Waals surface area contributed by atoms with Crippen LogP contribution in [0.3, 0.4) is 0 Å². The third-order valence-electron chi connectivity index (χ3n) is 6.75. The van der Waals surface area contributed by atoms with Crippen molar-refractivity contribution in [1.82, 2.24) is 10.3 Å². The lowest BCUT2D eigenvalue weighted by Crippen LogP contribution is -2.39. The summed E-state index contributed by atoms with van der Waals surface area (Å²) < 4.78 is 0. The van der Waals surface area contributed by atoms with Gasteiger partial charge in [0.05, 0.1) is 17.3 Å². The molecule has 0 saturated carbocycles. The molecule has 31 heavy (non-hydrogen) atoms. The Morgan fingerprint density at radius 2 is 1.94 bits per heavy atom. The number of aromatic nitrogens is 1. The zero-order valence-corrected chi connectivity index (χ0v) is 19.0. The molecule has 1 saturated heterocycles. The van der Waals surface area contributed by atoms with Crippen molar-refractivity contribution in [3.8, 4) is 0 Å². The predicted octanol–water partition coefficient (Wildman–Crippen LogP) is 6.17. The van der Waals surface area contributed by atoms with Gasteiger partial charge in [0.1, 0.15) is 0 Å². The van der Waals surface area contributed by atoms with Crippen LogP contribution in [0.25, 0.3) is 22.6 Å². The highest BCUT2D eigenvalue weighted by Gasteiger charge is 2.31. The van der Waals surface area contributed by atoms with Gasteiger partial charge >= 0.3 is 0 Å². The van der Waals surface area contributed by atoms with Gasteiger partial charge in [0.25, 0.3) is 0 Å². The molecule has 2 heterocycles. The maximum absolute atomic E-state index is 11.6. The molecule has 0 unspecified atom stereocenters. The number of fused-ring (bicyclic) bond motifs is 2. The smallest absolute Gasteiger partial charge is 0.0952 e. The fourth-order valence-corrected chi connectivity index (χ4v) is 5.39. The number of piperidine rings is 1. The van der Waals surface area contributed by atoms with Crippen molar-refractivity contribution in [1.29, 1.82) is 0 Å². The summed E-state index contributed by atoms with van der Waals surface area (Å²) in [6, 6.07) is 12.4. The summed E-state index contributed by atoms with van der Waals surface area (Å²) in [5, 5.41) is 17.0. The minimum Gasteiger partial charge on any atom is -0.387 e. The molecule has 2 aromatic carbocycles. The van der Waals surface area contributed by atoms with E-state index in [9.17, 15) is 5.11 Å². The summed E-state index contributed by atoms with van der Waals surface area (Å²) in [4.78, 5) is 5.15. The Labute approximate surface area is 189 Å². The Morgan fingerprint density at radius 3 is 2.68 bits per heavy atom. The van der Waals surface area contributed by atoms with E-state index in [2.05, 4.69) is 37.4 Å². The average molecular weight is 433 g/mol. The third kappa shape index (κ3) is 3.91. The van der Waals surface area contributed by atoms with Gasteiger partial charge in [-0.15, -0.1) is 0 Å². The molecule has 1 fully saturated rings. The molecular formula is C27H29ClN2O. The van der Waals surface area contributed by atoms with Gasteiger partial charge in [0.15, 0.2) is 0 Å². The van der Waals surface area contributed by atoms with Crippen LogP contribution in [0.5, 0.6) is 0 Å². The molecular weight excluding hydrogens is 404 g/mol. The lowest BCUT2D eigenvalue weighted by molar-refractivity contribution is 0.114. The maximum Gasteiger partial charge on any atom is 0.0952 e. The Hall–Kier alpha value is -2.20. The number of nitrogens with one attached hydrogen (secondary N) is 1. The maximum atomic E-state index is 11.6. The normalized spacial score (nSPS) is 20.9. The van der Waals surface area contributed by atoms with Crippen LogP contribution in [-0.2, 0) is 6.42 Å². The Morgan fingerprint density at radius 1 is 1.13 bits per heavy atom. The van der Waals surface area contributed by atoms with Crippen molar-refractivity contribution in [2.45, 2.75) is 58.1 Å². The summed E-state index contributed by atoms with van der Waals surface area (Å²) >= 11 is 6.07. The van der Waals surface area contributed by atoms with Crippen LogP contribution in [0.2, 0.25) is 5.02 Å². The summed E-state index contributed by atoms with van der Waals surface area (Å²) in [6.45, 7) is 5.23. The molecule has 1 aliphatic carbocycles. The molecule has 3 aromatic rings. The zero-order chi connectivity index (χ0) is 21.5. The predicted molar refractivity (Wildman–Crippen MR) is 129 cm³/mol. The van der Waals surface area contributed by atoms with Gasteiger partial charge in [-0.25, -0.2) is 4.98 Å². The topological polar surface area (TPSA) is 45.2 Å². The highest BCUT2D eigenvalue weighted by Crippen LogP contribution is 2.42. The van der Waals surface area contributed by atoms with Crippen LogP contribution in [0.15, 0.2) is 36.4 Å². The van der Waals surface area contributed by atoms with Crippen molar-refractivity contribution in [3.63, 3.8) is 0 Å². The van der Waals surface area contributed by atoms with Gasteiger partial charge in [-0.05, 0) is 98.2 Å². The number of benzene rings is 2. The number of hydrogen-bond donors (Lipinski definition) is 2. The Balaban J connectivity index is 1.69. The van der Waals surface area contributed by atoms with Crippen LogP contribution in [0.1, 0.15) is 65.3 Å². The molecule has 5 rings (SSSR count). The van der Waals surface area contributed by atoms with E-state index in [1.165, 1.54) is 35.1 Å². The quantitative estimate of drug-likeness (QED) is 0.520. The van der Waals surface area contributed by atoms with Crippen molar-refractivity contribution < 1.29 is 5.11 Å². The standard InChI is InChI=1S/C27H29ClN2O/c1-16-13-17(2)25-22(14-16)24(27(31)23-5-3-4-12-29-23)21-11-8-19(26(21)30-25)15-18-6-9-20(28)10-7-18/h6-7,9-10,13-15,23,27,29,31H,3-5,8,11-12H2,1-2H3/b19-15+/t23-,27-/m0/s1. The number of halogens is 1. The van der Waals surface area contributed by atoms with E-state index in [0.29, 0.717) is 0 Å². The van der Waals surface area contributed by atoms with Crippen LogP contribution in [-0.4, -0.2) is 22.7 Å². The molecule has 4 heteroatoms. The van der Waals surface area contributed by atoms with Gasteiger partial charge in [0.2, 0.25) is 0 Å². The molecule has 2 aliphatic rings. The minimum atomic E-state index is -0.518. The molecule has 160 valence electrons. The van der Waals surface area contributed by atoms with E-state index in [1.54, 1.807) is 0 Å². The van der Waals surface area contributed by atoms with E-state index >= 15 is 0 Å². The van der Waals surface area contributed by atoms with Crippen LogP contribution < -0.4 is 5.32 Å². The fourth-order valence-electron chi connectivity index (χ4n) is 5.27. The van der Waals surface area contributed by atoms with Gasteiger partial charge in [0, 0.05) is 16.5 Å². The van der Waals surface area contributed by atoms with Gasteiger partial charge in [-0.2, -0.15) is 0 Å². The van der Waals surface area contributed by atoms with Gasteiger partial charge in [-0.3, -0.25) is 0 Å². The fraction of sp³-hybridized carbons (Fsp3) is 0.370. The number of rotatable bonds is 3. The van der Waals surface area contributed by atoms with E-state index in [0.717, 1.165) is 58.6 Å². The number of nitrogens with zero attached hydrogens (tertiary/aromatic N) is 1. The van der Waals surface area contributed by atoms with Crippen LogP contribution >= 0.6 is 11.6 Å². The first-order valence-electron chi connectivity index (χ1n) is 11.3. The van der Waals surface area contributed by atoms with Crippen molar-refractivity contribution in [2.24, 2.45) is 0 Å². The van der Waals surface area contributed by atoms with Crippen molar-refractivity contribution in [2.75, 3.05) is 6.54 Å². The molecule has 0 radical (unpaired) electrons. The van der Waals surface area contributed by atoms with Crippen LogP contribution in [0, 0.1) is 13.8 Å². The molecule has 1 aliphatic heterocycles. The van der Waals surface area contributed by atoms with E-state index < -0.39 is 6.10 Å². The first-order chi connectivity index (χ1) is 15.0. The number of aliphatic hydroxyl groups is 1. The number of pyridine rings is 1. The van der Waals surface area contributed by atoms with E-state index in [4.69, 9.17) is 16.6 Å². The first kappa shape index (κ1) is 20.7. The second-order valence-electron chi connectivity index (χ2n) is 9.05. The van der Waals surface area contributed by atoms with Gasteiger partial charge in [-0.1, -0.05) is 41.8 Å². The third-order valence-corrected chi connectivity index (χ3v) is 7.01. The molecule has 2 N–H and O–H groups in total. The van der Waals surface area contributed by atoms with Gasteiger partial charge < -0.3 is 10.4 Å². The number of aryl methyl sites for hydroxylation is 2. The Bertz CT molecular complexity index is 1160. The molecule has 3 nitrogen and oxygen atoms in total. The SMILES string of the molecule is Cc1cc(C)c2nc3c(c([C@@H](O)[C@@H]4CCCCN4)c2c1)CC/C3=C\c1ccc(Cl)cc1. The minimum absolute atomic E-state index is 0.105. The summed E-state index contributed by atoms with van der Waals surface area (Å²) in [5.41, 5.74) is 9.13. The number of hydrogen-bond acceptors (Lipinski definition) is 3. The van der Waals surface area contributed by atoms with E-state index in [1.807, 2.05) is 24.3 Å². The number of allylic oxidation sites excluding steroid dienone is 1. The summed E-state index contributed by atoms with van der Waals surface area (Å²) in [5.74, 6) is 0. The summed E-state index contributed by atoms with van der Waals surface area (Å²) in [6.07, 6.45) is 6.93. The first-order valence-corrected chi connectivity index (χ1v) is 11.7. The van der Waals surface area contributed by atoms with E-state index in [-0.39, 0.29) is 6.04 Å². The largest absolute Gasteiger partial charge is 0.387 e. The van der Waals surface area contributed by atoms with Crippen molar-refractivity contribution >= 4 is 34.2 Å². The van der Waals surface area contributed by atoms with Crippen molar-refractivity contribution in [3.05, 3.63) is 74.9 Å². The molecule has 0 bridgehead atoms. The second-order valence-corrected chi connectivity index (χ2v) is 9.49. The lowest BCUT2D eigenvalue weighted by atomic mass is 9.88. The highest BCUT2D eigenvalue weighted by atomic mass is 35.5. The monoisotopic (exact) mass is 432 g/mol. The van der Waals surface area contributed by atoms with Crippen LogP contribution in [0.4, 0.5) is 0 Å². The lowest BCUT2D eigenvalue weighted by Gasteiger charge is -2.30. The molecule has 0 spiro atoms. The average Bonchev–Trinajstić information content (AvgIpc) is 3.16. The molecule has 1 aromatic heterocycles. The zero-order valence-electron chi connectivity index (χ0n) is 18.2. The molecule has 2 atom stereocenters. The second kappa shape index (κ2) is 8.38. The Kier molecular flexibility index (Phi) is 5.60. The molecule has 0 amide bonds. The summed E-state index contributed by atoms with van der Waals surface area (Å²) in [7, 11) is 0. The number of aliphatic hydroxyl groups excluding tert-OH is 1.